The molecule has 0 bridgehead atoms. The second kappa shape index (κ2) is 15.2. The highest BCUT2D eigenvalue weighted by Crippen LogP contribution is 2.35. The summed E-state index contributed by atoms with van der Waals surface area (Å²) in [4.78, 5) is 12.6. The third-order valence-electron chi connectivity index (χ3n) is 7.09. The molecule has 253 valence electrons. The van der Waals surface area contributed by atoms with Crippen LogP contribution in [-0.4, -0.2) is 25.4 Å². The van der Waals surface area contributed by atoms with Crippen molar-refractivity contribution < 1.29 is 45.3 Å². The van der Waals surface area contributed by atoms with Crippen LogP contribution in [0.1, 0.15) is 28.7 Å². The van der Waals surface area contributed by atoms with Crippen LogP contribution in [0.5, 0.6) is 11.5 Å². The predicted molar refractivity (Wildman–Crippen MR) is 170 cm³/mol. The molecule has 4 aromatic rings. The molecule has 0 saturated heterocycles. The molecule has 6 nitrogen and oxygen atoms in total. The van der Waals surface area contributed by atoms with E-state index in [1.807, 2.05) is 24.3 Å². The Morgan fingerprint density at radius 2 is 1.35 bits per heavy atom. The second-order valence-electron chi connectivity index (χ2n) is 11.3. The van der Waals surface area contributed by atoms with Crippen LogP contribution in [0.25, 0.3) is 6.08 Å². The van der Waals surface area contributed by atoms with E-state index < -0.39 is 53.8 Å². The molecule has 0 aromatic heterocycles. The van der Waals surface area contributed by atoms with E-state index in [0.717, 1.165) is 41.5 Å². The Morgan fingerprint density at radius 3 is 1.88 bits per heavy atom. The number of nitrogen functional groups attached to an aromatic ring is 2. The van der Waals surface area contributed by atoms with Gasteiger partial charge in [-0.15, -0.1) is 0 Å². The molecule has 0 atom stereocenters. The molecule has 4 rings (SSSR count). The molecule has 0 heterocycles. The van der Waals surface area contributed by atoms with Crippen LogP contribution < -0.4 is 20.9 Å². The van der Waals surface area contributed by atoms with Crippen LogP contribution >= 0.6 is 0 Å². The lowest BCUT2D eigenvalue weighted by atomic mass is 9.79. The quantitative estimate of drug-likeness (QED) is 0.0606. The Morgan fingerprint density at radius 1 is 0.792 bits per heavy atom. The SMILES string of the molecule is [CH2]C(COC(=O)/C=C/c1ccc(C(F)(F)Oc2ccc(OCCC(F)(F)F)cc2F)cc1)(Cc1ccc(N)cc1)Cc1ccc(N)cc1. The average Bonchev–Trinajstić information content (AvgIpc) is 3.02. The number of rotatable bonds is 14. The summed E-state index contributed by atoms with van der Waals surface area (Å²) in [6, 6.07) is 21.8. The lowest BCUT2D eigenvalue weighted by Gasteiger charge is -2.29. The fraction of sp³-hybridized carbons (Fsp3) is 0.222. The maximum Gasteiger partial charge on any atom is 0.426 e. The minimum absolute atomic E-state index is 0.0232. The normalized spacial score (nSPS) is 12.2. The van der Waals surface area contributed by atoms with Crippen LogP contribution in [-0.2, 0) is 28.5 Å². The van der Waals surface area contributed by atoms with E-state index in [9.17, 15) is 31.1 Å². The predicted octanol–water partition coefficient (Wildman–Crippen LogP) is 8.31. The molecular weight excluding hydrogens is 638 g/mol. The van der Waals surface area contributed by atoms with E-state index in [0.29, 0.717) is 35.8 Å². The minimum atomic E-state index is -4.46. The van der Waals surface area contributed by atoms with Gasteiger partial charge in [-0.25, -0.2) is 9.18 Å². The molecule has 0 aliphatic carbocycles. The van der Waals surface area contributed by atoms with Gasteiger partial charge in [-0.2, -0.15) is 22.0 Å². The summed E-state index contributed by atoms with van der Waals surface area (Å²) in [6.45, 7) is 3.59. The highest BCUT2D eigenvalue weighted by atomic mass is 19.4. The number of carbonyl (C=O) groups excluding carboxylic acids is 1. The molecule has 48 heavy (non-hydrogen) atoms. The maximum atomic E-state index is 14.8. The van der Waals surface area contributed by atoms with E-state index in [1.54, 1.807) is 24.3 Å². The zero-order valence-corrected chi connectivity index (χ0v) is 25.6. The number of benzene rings is 4. The molecule has 4 aromatic carbocycles. The van der Waals surface area contributed by atoms with Gasteiger partial charge in [0.15, 0.2) is 11.6 Å². The first-order valence-corrected chi connectivity index (χ1v) is 14.6. The number of ether oxygens (including phenoxy) is 3. The van der Waals surface area contributed by atoms with Crippen molar-refractivity contribution in [2.45, 2.75) is 31.5 Å². The first kappa shape index (κ1) is 35.7. The Hall–Kier alpha value is -5.13. The van der Waals surface area contributed by atoms with Crippen molar-refractivity contribution in [3.8, 4) is 11.5 Å². The first-order chi connectivity index (χ1) is 22.6. The standard InChI is InChI=1S/C36H33F6N2O4/c1-34(21-25-4-11-28(43)12-5-25,22-26-6-13-29(44)14-7-26)23-47-33(45)17-8-24-2-9-27(10-3-24)36(41,42)48-32-16-15-30(20-31(32)37)46-19-18-35(38,39)40/h2-17,20H,1,18-19,21-23,43-44H2/b17-8+. The van der Waals surface area contributed by atoms with Gasteiger partial charge in [-0.05, 0) is 91.1 Å². The third kappa shape index (κ3) is 11.0. The Labute approximate surface area is 273 Å². The van der Waals surface area contributed by atoms with Crippen molar-refractivity contribution in [2.75, 3.05) is 24.7 Å². The topological polar surface area (TPSA) is 96.8 Å². The van der Waals surface area contributed by atoms with Gasteiger partial charge in [-0.3, -0.25) is 0 Å². The van der Waals surface area contributed by atoms with Crippen molar-refractivity contribution in [3.63, 3.8) is 0 Å². The lowest BCUT2D eigenvalue weighted by molar-refractivity contribution is -0.187. The number of esters is 1. The van der Waals surface area contributed by atoms with E-state index in [2.05, 4.69) is 11.7 Å². The molecule has 4 N–H and O–H groups in total. The van der Waals surface area contributed by atoms with Gasteiger partial charge in [0.2, 0.25) is 0 Å². The van der Waals surface area contributed by atoms with Crippen molar-refractivity contribution in [3.05, 3.63) is 132 Å². The summed E-state index contributed by atoms with van der Waals surface area (Å²) in [5, 5.41) is 0. The van der Waals surface area contributed by atoms with Crippen LogP contribution in [0.2, 0.25) is 0 Å². The van der Waals surface area contributed by atoms with E-state index >= 15 is 0 Å². The maximum absolute atomic E-state index is 14.8. The summed E-state index contributed by atoms with van der Waals surface area (Å²) in [7, 11) is 0. The van der Waals surface area contributed by atoms with E-state index in [-0.39, 0.29) is 12.4 Å². The number of halogens is 6. The zero-order chi connectivity index (χ0) is 35.0. The largest absolute Gasteiger partial charge is 0.493 e. The van der Waals surface area contributed by atoms with Gasteiger partial charge in [-0.1, -0.05) is 36.4 Å². The zero-order valence-electron chi connectivity index (χ0n) is 25.6. The van der Waals surface area contributed by atoms with Crippen LogP contribution in [0.15, 0.2) is 97.1 Å². The second-order valence-corrected chi connectivity index (χ2v) is 11.3. The smallest absolute Gasteiger partial charge is 0.426 e. The Kier molecular flexibility index (Phi) is 11.3. The molecule has 0 fully saturated rings. The van der Waals surface area contributed by atoms with Crippen LogP contribution in [0.4, 0.5) is 37.7 Å². The molecule has 12 heteroatoms. The van der Waals surface area contributed by atoms with Crippen LogP contribution in [0.3, 0.4) is 0 Å². The monoisotopic (exact) mass is 671 g/mol. The molecule has 0 spiro atoms. The van der Waals surface area contributed by atoms with Crippen molar-refractivity contribution >= 4 is 23.4 Å². The number of carbonyl (C=O) groups is 1. The third-order valence-corrected chi connectivity index (χ3v) is 7.09. The van der Waals surface area contributed by atoms with Gasteiger partial charge >= 0.3 is 18.3 Å². The average molecular weight is 672 g/mol. The summed E-state index contributed by atoms with van der Waals surface area (Å²) in [5.74, 6) is -3.02. The number of nitrogens with two attached hydrogens (primary N) is 2. The highest BCUT2D eigenvalue weighted by Gasteiger charge is 2.35. The van der Waals surface area contributed by atoms with Crippen molar-refractivity contribution in [1.29, 1.82) is 0 Å². The number of anilines is 2. The number of alkyl halides is 5. The van der Waals surface area contributed by atoms with E-state index in [4.69, 9.17) is 20.9 Å². The fourth-order valence-corrected chi connectivity index (χ4v) is 4.66. The van der Waals surface area contributed by atoms with Crippen molar-refractivity contribution in [2.24, 2.45) is 5.41 Å². The highest BCUT2D eigenvalue weighted by molar-refractivity contribution is 5.87. The summed E-state index contributed by atoms with van der Waals surface area (Å²) in [6.07, 6.45) is -6.18. The fourth-order valence-electron chi connectivity index (χ4n) is 4.66. The first-order valence-electron chi connectivity index (χ1n) is 14.6. The molecule has 0 saturated carbocycles. The van der Waals surface area contributed by atoms with Crippen LogP contribution in [0, 0.1) is 18.2 Å². The van der Waals surface area contributed by atoms with Gasteiger partial charge in [0.1, 0.15) is 5.75 Å². The summed E-state index contributed by atoms with van der Waals surface area (Å²) < 4.78 is 95.7. The van der Waals surface area contributed by atoms with Gasteiger partial charge in [0.25, 0.3) is 0 Å². The Bertz CT molecular complexity index is 1640. The number of hydrogen-bond acceptors (Lipinski definition) is 6. The van der Waals surface area contributed by atoms with Crippen molar-refractivity contribution in [1.82, 2.24) is 0 Å². The lowest BCUT2D eigenvalue weighted by Crippen LogP contribution is -2.30. The molecule has 0 unspecified atom stereocenters. The van der Waals surface area contributed by atoms with E-state index in [1.165, 1.54) is 18.2 Å². The molecule has 1 radical (unpaired) electrons. The molecule has 0 aliphatic heterocycles. The summed E-state index contributed by atoms with van der Waals surface area (Å²) >= 11 is 0. The molecule has 0 amide bonds. The van der Waals surface area contributed by atoms with Gasteiger partial charge in [0.05, 0.1) is 25.2 Å². The minimum Gasteiger partial charge on any atom is -0.493 e. The van der Waals surface area contributed by atoms with Gasteiger partial charge < -0.3 is 25.7 Å². The molecule has 0 aliphatic rings. The van der Waals surface area contributed by atoms with Gasteiger partial charge in [0, 0.05) is 28.9 Å². The summed E-state index contributed by atoms with van der Waals surface area (Å²) in [5.41, 5.74) is 13.8. The number of hydrogen-bond donors (Lipinski definition) is 2. The molecular formula is C36H33F6N2O4. The Balaban J connectivity index is 1.35.